The van der Waals surface area contributed by atoms with E-state index in [-0.39, 0.29) is 33.4 Å². The molecule has 1 aromatic heterocycles. The fourth-order valence-electron chi connectivity index (χ4n) is 2.70. The summed E-state index contributed by atoms with van der Waals surface area (Å²) in [7, 11) is 0. The minimum atomic E-state index is -5.08. The first kappa shape index (κ1) is 22.8. The summed E-state index contributed by atoms with van der Waals surface area (Å²) >= 11 is 0. The third-order valence-corrected chi connectivity index (χ3v) is 4.05. The normalized spacial score (nSPS) is 11.8. The van der Waals surface area contributed by atoms with Crippen molar-refractivity contribution in [3.8, 4) is 11.4 Å². The summed E-state index contributed by atoms with van der Waals surface area (Å²) in [4.78, 5) is 23.6. The summed E-state index contributed by atoms with van der Waals surface area (Å²) in [6.07, 6.45) is -10.1. The molecule has 6 nitrogen and oxygen atoms in total. The highest BCUT2D eigenvalue weighted by atomic mass is 19.4. The summed E-state index contributed by atoms with van der Waals surface area (Å²) in [6.45, 7) is 1.15. The van der Waals surface area contributed by atoms with Gasteiger partial charge in [0.25, 0.3) is 5.91 Å². The molecule has 0 fully saturated rings. The number of benzene rings is 2. The van der Waals surface area contributed by atoms with Crippen molar-refractivity contribution in [2.45, 2.75) is 19.3 Å². The fraction of sp³-hybridized carbons (Fsp3) is 0.150. The Morgan fingerprint density at radius 3 is 2.12 bits per heavy atom. The molecule has 0 spiro atoms. The van der Waals surface area contributed by atoms with Crippen LogP contribution in [-0.4, -0.2) is 21.7 Å². The summed E-state index contributed by atoms with van der Waals surface area (Å²) < 4.78 is 83.2. The van der Waals surface area contributed by atoms with Gasteiger partial charge >= 0.3 is 18.3 Å². The molecule has 12 heteroatoms. The van der Waals surface area contributed by atoms with E-state index in [2.05, 4.69) is 10.4 Å². The van der Waals surface area contributed by atoms with Crippen LogP contribution in [0.5, 0.6) is 5.75 Å². The monoisotopic (exact) mass is 457 g/mol. The largest absolute Gasteiger partial charge is 0.435 e. The summed E-state index contributed by atoms with van der Waals surface area (Å²) in [5.41, 5.74) is -3.44. The van der Waals surface area contributed by atoms with Crippen molar-refractivity contribution in [1.82, 2.24) is 9.78 Å². The lowest BCUT2D eigenvalue weighted by Gasteiger charge is -2.12. The SMILES string of the molecule is CC(=O)Oc1ccccc1C(=O)Nc1ccc(-n2nc(C(F)(F)F)cc2C(F)(F)F)cc1. The van der Waals surface area contributed by atoms with Crippen molar-refractivity contribution in [3.05, 3.63) is 71.5 Å². The number of carbonyl (C=O) groups excluding carboxylic acids is 2. The summed E-state index contributed by atoms with van der Waals surface area (Å²) in [5.74, 6) is -1.32. The van der Waals surface area contributed by atoms with Gasteiger partial charge in [0.15, 0.2) is 5.69 Å². The van der Waals surface area contributed by atoms with Gasteiger partial charge in [-0.3, -0.25) is 9.59 Å². The second kappa shape index (κ2) is 8.36. The van der Waals surface area contributed by atoms with Crippen LogP contribution in [0.15, 0.2) is 54.6 Å². The maximum Gasteiger partial charge on any atom is 0.435 e. The van der Waals surface area contributed by atoms with Gasteiger partial charge in [0.1, 0.15) is 11.4 Å². The highest BCUT2D eigenvalue weighted by Gasteiger charge is 2.42. The molecule has 0 saturated heterocycles. The van der Waals surface area contributed by atoms with E-state index in [1.165, 1.54) is 30.3 Å². The molecular formula is C20H13F6N3O3. The average molecular weight is 457 g/mol. The minimum Gasteiger partial charge on any atom is -0.426 e. The van der Waals surface area contributed by atoms with E-state index in [1.54, 1.807) is 6.07 Å². The number of aromatic nitrogens is 2. The van der Waals surface area contributed by atoms with Crippen molar-refractivity contribution in [3.63, 3.8) is 0 Å². The molecule has 0 bridgehead atoms. The van der Waals surface area contributed by atoms with E-state index in [9.17, 15) is 35.9 Å². The number of alkyl halides is 6. The first-order valence-electron chi connectivity index (χ1n) is 8.80. The lowest BCUT2D eigenvalue weighted by atomic mass is 10.2. The third-order valence-electron chi connectivity index (χ3n) is 4.05. The van der Waals surface area contributed by atoms with Gasteiger partial charge in [-0.25, -0.2) is 4.68 Å². The number of rotatable bonds is 4. The number of para-hydroxylation sites is 1. The van der Waals surface area contributed by atoms with Crippen molar-refractivity contribution in [2.75, 3.05) is 5.32 Å². The molecule has 1 heterocycles. The van der Waals surface area contributed by atoms with Crippen LogP contribution in [-0.2, 0) is 17.1 Å². The molecule has 0 unspecified atom stereocenters. The Labute approximate surface area is 176 Å². The van der Waals surface area contributed by atoms with Crippen LogP contribution in [0, 0.1) is 0 Å². The Hall–Kier alpha value is -3.83. The van der Waals surface area contributed by atoms with Crippen molar-refractivity contribution in [2.24, 2.45) is 0 Å². The maximum atomic E-state index is 13.2. The standard InChI is InChI=1S/C20H13F6N3O3/c1-11(30)32-15-5-3-2-4-14(15)18(31)27-12-6-8-13(9-7-12)29-17(20(24,25)26)10-16(28-29)19(21,22)23/h2-10H,1H3,(H,27,31). The average Bonchev–Trinajstić information content (AvgIpc) is 3.15. The number of anilines is 1. The van der Waals surface area contributed by atoms with Crippen LogP contribution in [0.2, 0.25) is 0 Å². The van der Waals surface area contributed by atoms with E-state index >= 15 is 0 Å². The number of ether oxygens (including phenoxy) is 1. The van der Waals surface area contributed by atoms with E-state index in [1.807, 2.05) is 0 Å². The van der Waals surface area contributed by atoms with E-state index in [0.29, 0.717) is 0 Å². The van der Waals surface area contributed by atoms with Gasteiger partial charge in [0.05, 0.1) is 11.3 Å². The van der Waals surface area contributed by atoms with Gasteiger partial charge < -0.3 is 10.1 Å². The fourth-order valence-corrected chi connectivity index (χ4v) is 2.70. The molecule has 0 aliphatic heterocycles. The zero-order valence-electron chi connectivity index (χ0n) is 16.1. The van der Waals surface area contributed by atoms with Crippen LogP contribution in [0.25, 0.3) is 5.69 Å². The molecule has 0 atom stereocenters. The molecule has 3 aromatic rings. The molecule has 1 amide bonds. The van der Waals surface area contributed by atoms with Gasteiger partial charge in [-0.05, 0) is 36.4 Å². The smallest absolute Gasteiger partial charge is 0.426 e. The molecule has 0 aliphatic rings. The highest BCUT2D eigenvalue weighted by Crippen LogP contribution is 2.36. The predicted octanol–water partition coefficient (Wildman–Crippen LogP) is 5.09. The predicted molar refractivity (Wildman–Crippen MR) is 99.3 cm³/mol. The van der Waals surface area contributed by atoms with E-state index < -0.39 is 35.6 Å². The lowest BCUT2D eigenvalue weighted by molar-refractivity contribution is -0.143. The van der Waals surface area contributed by atoms with Crippen LogP contribution >= 0.6 is 0 Å². The van der Waals surface area contributed by atoms with Gasteiger partial charge in [0, 0.05) is 18.7 Å². The Bertz CT molecular complexity index is 1150. The van der Waals surface area contributed by atoms with E-state index in [4.69, 9.17) is 4.74 Å². The zero-order valence-corrected chi connectivity index (χ0v) is 16.1. The van der Waals surface area contributed by atoms with Crippen molar-refractivity contribution in [1.29, 1.82) is 0 Å². The molecule has 32 heavy (non-hydrogen) atoms. The number of nitrogens with one attached hydrogen (secondary N) is 1. The topological polar surface area (TPSA) is 73.2 Å². The second-order valence-corrected chi connectivity index (χ2v) is 6.41. The van der Waals surface area contributed by atoms with Gasteiger partial charge in [-0.1, -0.05) is 12.1 Å². The summed E-state index contributed by atoms with van der Waals surface area (Å²) in [6, 6.07) is 10.3. The van der Waals surface area contributed by atoms with Gasteiger partial charge in [0.2, 0.25) is 0 Å². The molecule has 3 rings (SSSR count). The summed E-state index contributed by atoms with van der Waals surface area (Å²) in [5, 5.41) is 5.49. The van der Waals surface area contributed by atoms with Crippen molar-refractivity contribution < 1.29 is 40.7 Å². The van der Waals surface area contributed by atoms with Crippen LogP contribution in [0.3, 0.4) is 0 Å². The quantitative estimate of drug-likeness (QED) is 0.337. The highest BCUT2D eigenvalue weighted by molar-refractivity contribution is 6.06. The van der Waals surface area contributed by atoms with Crippen molar-refractivity contribution >= 4 is 17.6 Å². The zero-order chi connectivity index (χ0) is 23.7. The number of hydrogen-bond donors (Lipinski definition) is 1. The van der Waals surface area contributed by atoms with Crippen LogP contribution < -0.4 is 10.1 Å². The Morgan fingerprint density at radius 1 is 0.938 bits per heavy atom. The number of nitrogens with zero attached hydrogens (tertiary/aromatic N) is 2. The number of halogens is 6. The first-order chi connectivity index (χ1) is 14.9. The molecule has 0 radical (unpaired) electrons. The molecule has 0 aliphatic carbocycles. The second-order valence-electron chi connectivity index (χ2n) is 6.41. The van der Waals surface area contributed by atoms with Crippen LogP contribution in [0.4, 0.5) is 32.0 Å². The number of esters is 1. The Balaban J connectivity index is 1.88. The Morgan fingerprint density at radius 2 is 1.56 bits per heavy atom. The number of hydrogen-bond acceptors (Lipinski definition) is 4. The van der Waals surface area contributed by atoms with Gasteiger partial charge in [-0.15, -0.1) is 0 Å². The first-order valence-corrected chi connectivity index (χ1v) is 8.80. The molecule has 0 saturated carbocycles. The Kier molecular flexibility index (Phi) is 5.97. The molecule has 168 valence electrons. The van der Waals surface area contributed by atoms with E-state index in [0.717, 1.165) is 19.1 Å². The molecule has 1 N–H and O–H groups in total. The van der Waals surface area contributed by atoms with Gasteiger partial charge in [-0.2, -0.15) is 31.4 Å². The van der Waals surface area contributed by atoms with Crippen LogP contribution in [0.1, 0.15) is 28.7 Å². The lowest BCUT2D eigenvalue weighted by Crippen LogP contribution is -2.15. The maximum absolute atomic E-state index is 13.2. The third kappa shape index (κ3) is 5.07. The molecule has 2 aromatic carbocycles. The molecular weight excluding hydrogens is 444 g/mol. The number of carbonyl (C=O) groups is 2. The number of amides is 1. The minimum absolute atomic E-state index is 0.000148.